The van der Waals surface area contributed by atoms with Crippen molar-refractivity contribution < 1.29 is 4.79 Å². The molecule has 34 heavy (non-hydrogen) atoms. The first kappa shape index (κ1) is 24.1. The fourth-order valence-corrected chi connectivity index (χ4v) is 4.39. The molecular formula is C25H22ClN5OS2. The maximum atomic E-state index is 12.4. The Hall–Kier alpha value is -3.07. The summed E-state index contributed by atoms with van der Waals surface area (Å²) in [5.41, 5.74) is 6.44. The summed E-state index contributed by atoms with van der Waals surface area (Å²) in [7, 11) is 0. The second kappa shape index (κ2) is 11.4. The van der Waals surface area contributed by atoms with Crippen LogP contribution in [-0.2, 0) is 4.79 Å². The van der Waals surface area contributed by atoms with Gasteiger partial charge in [0.25, 0.3) is 5.91 Å². The Bertz CT molecular complexity index is 1290. The van der Waals surface area contributed by atoms with Crippen molar-refractivity contribution in [2.75, 3.05) is 12.0 Å². The molecule has 0 aliphatic rings. The van der Waals surface area contributed by atoms with Gasteiger partial charge < -0.3 is 0 Å². The second-order valence-electron chi connectivity index (χ2n) is 7.34. The molecule has 1 heterocycles. The Labute approximate surface area is 211 Å². The summed E-state index contributed by atoms with van der Waals surface area (Å²) in [4.78, 5) is 13.6. The van der Waals surface area contributed by atoms with Crippen LogP contribution in [0.5, 0.6) is 0 Å². The van der Waals surface area contributed by atoms with Crippen LogP contribution in [-0.4, -0.2) is 38.9 Å². The first-order valence-electron chi connectivity index (χ1n) is 10.4. The minimum Gasteiger partial charge on any atom is -0.272 e. The first-order valence-corrected chi connectivity index (χ1v) is 13.0. The molecule has 0 aliphatic carbocycles. The lowest BCUT2D eigenvalue weighted by Crippen LogP contribution is -2.20. The number of benzene rings is 3. The Morgan fingerprint density at radius 3 is 2.41 bits per heavy atom. The predicted octanol–water partition coefficient (Wildman–Crippen LogP) is 5.86. The fourth-order valence-electron chi connectivity index (χ4n) is 3.11. The van der Waals surface area contributed by atoms with Crippen LogP contribution in [0.1, 0.15) is 11.1 Å². The van der Waals surface area contributed by atoms with Crippen LogP contribution in [0.4, 0.5) is 0 Å². The number of rotatable bonds is 8. The number of aryl methyl sites for hydroxylation is 1. The van der Waals surface area contributed by atoms with Crippen LogP contribution in [0.25, 0.3) is 17.1 Å². The van der Waals surface area contributed by atoms with Crippen molar-refractivity contribution in [3.63, 3.8) is 0 Å². The summed E-state index contributed by atoms with van der Waals surface area (Å²) < 4.78 is 1.93. The SMILES string of the molecule is CSc1ccc(C=NNC(=O)CSc2nnc(-c3ccc(C)cc3)n2-c2ccc(Cl)cc2)cc1. The maximum Gasteiger partial charge on any atom is 0.250 e. The molecule has 0 atom stereocenters. The van der Waals surface area contributed by atoms with Gasteiger partial charge in [-0.15, -0.1) is 22.0 Å². The smallest absolute Gasteiger partial charge is 0.250 e. The highest BCUT2D eigenvalue weighted by Gasteiger charge is 2.17. The molecule has 4 aromatic rings. The number of nitrogens with zero attached hydrogens (tertiary/aromatic N) is 4. The standard InChI is InChI=1S/C25H22ClN5OS2/c1-17-3-7-19(8-4-17)24-29-30-25(31(24)21-11-9-20(26)10-12-21)34-16-23(32)28-27-15-18-5-13-22(33-2)14-6-18/h3-15H,16H2,1-2H3,(H,28,32). The quantitative estimate of drug-likeness (QED) is 0.184. The Balaban J connectivity index is 1.48. The van der Waals surface area contributed by atoms with Gasteiger partial charge in [0.05, 0.1) is 12.0 Å². The van der Waals surface area contributed by atoms with E-state index in [9.17, 15) is 4.79 Å². The van der Waals surface area contributed by atoms with Gasteiger partial charge in [0, 0.05) is 21.2 Å². The van der Waals surface area contributed by atoms with E-state index in [1.165, 1.54) is 16.7 Å². The summed E-state index contributed by atoms with van der Waals surface area (Å²) in [5, 5.41) is 14.1. The molecule has 0 fully saturated rings. The van der Waals surface area contributed by atoms with E-state index in [-0.39, 0.29) is 11.7 Å². The van der Waals surface area contributed by atoms with Gasteiger partial charge in [0.15, 0.2) is 11.0 Å². The summed E-state index contributed by atoms with van der Waals surface area (Å²) in [5.74, 6) is 0.601. The highest BCUT2D eigenvalue weighted by Crippen LogP contribution is 2.28. The average molecular weight is 508 g/mol. The molecule has 4 rings (SSSR count). The lowest BCUT2D eigenvalue weighted by atomic mass is 10.1. The van der Waals surface area contributed by atoms with Crippen molar-refractivity contribution in [3.8, 4) is 17.1 Å². The van der Waals surface area contributed by atoms with Crippen LogP contribution < -0.4 is 5.43 Å². The third-order valence-electron chi connectivity index (χ3n) is 4.88. The van der Waals surface area contributed by atoms with Crippen molar-refractivity contribution in [1.82, 2.24) is 20.2 Å². The van der Waals surface area contributed by atoms with Gasteiger partial charge in [0.2, 0.25) is 0 Å². The van der Waals surface area contributed by atoms with Gasteiger partial charge in [-0.1, -0.05) is 65.3 Å². The third-order valence-corrected chi connectivity index (χ3v) is 6.80. The first-order chi connectivity index (χ1) is 16.5. The third kappa shape index (κ3) is 6.08. The summed E-state index contributed by atoms with van der Waals surface area (Å²) in [6.45, 7) is 2.04. The van der Waals surface area contributed by atoms with Crippen LogP contribution >= 0.6 is 35.1 Å². The van der Waals surface area contributed by atoms with Crippen LogP contribution in [0.15, 0.2) is 87.9 Å². The molecule has 0 aliphatic heterocycles. The van der Waals surface area contributed by atoms with Gasteiger partial charge in [-0.25, -0.2) is 5.43 Å². The monoisotopic (exact) mass is 507 g/mol. The average Bonchev–Trinajstić information content (AvgIpc) is 3.28. The number of hydrazone groups is 1. The van der Waals surface area contributed by atoms with Crippen molar-refractivity contribution in [3.05, 3.63) is 88.9 Å². The van der Waals surface area contributed by atoms with Gasteiger partial charge >= 0.3 is 0 Å². The molecule has 3 aromatic carbocycles. The molecule has 0 radical (unpaired) electrons. The molecule has 6 nitrogen and oxygen atoms in total. The number of aromatic nitrogens is 3. The largest absolute Gasteiger partial charge is 0.272 e. The summed E-state index contributed by atoms with van der Waals surface area (Å²) in [6, 6.07) is 23.5. The van der Waals surface area contributed by atoms with Gasteiger partial charge in [-0.05, 0) is 55.1 Å². The Morgan fingerprint density at radius 2 is 1.74 bits per heavy atom. The van der Waals surface area contributed by atoms with Crippen LogP contribution in [0.2, 0.25) is 5.02 Å². The molecule has 172 valence electrons. The minimum absolute atomic E-state index is 0.141. The van der Waals surface area contributed by atoms with Gasteiger partial charge in [-0.3, -0.25) is 9.36 Å². The highest BCUT2D eigenvalue weighted by atomic mass is 35.5. The normalized spacial score (nSPS) is 11.1. The number of halogens is 1. The Kier molecular flexibility index (Phi) is 8.05. The molecule has 0 saturated heterocycles. The van der Waals surface area contributed by atoms with Gasteiger partial charge in [0.1, 0.15) is 0 Å². The molecule has 0 bridgehead atoms. The maximum absolute atomic E-state index is 12.4. The molecule has 0 spiro atoms. The van der Waals surface area contributed by atoms with E-state index >= 15 is 0 Å². The zero-order valence-electron chi connectivity index (χ0n) is 18.6. The van der Waals surface area contributed by atoms with E-state index in [0.717, 1.165) is 22.4 Å². The second-order valence-corrected chi connectivity index (χ2v) is 9.60. The summed E-state index contributed by atoms with van der Waals surface area (Å²) in [6.07, 6.45) is 3.65. The number of amides is 1. The lowest BCUT2D eigenvalue weighted by Gasteiger charge is -2.10. The van der Waals surface area contributed by atoms with E-state index in [0.29, 0.717) is 16.0 Å². The van der Waals surface area contributed by atoms with Gasteiger partial charge in [-0.2, -0.15) is 5.10 Å². The van der Waals surface area contributed by atoms with E-state index in [1.807, 2.05) is 90.5 Å². The minimum atomic E-state index is -0.232. The van der Waals surface area contributed by atoms with E-state index < -0.39 is 0 Å². The summed E-state index contributed by atoms with van der Waals surface area (Å²) >= 11 is 9.05. The lowest BCUT2D eigenvalue weighted by molar-refractivity contribution is -0.118. The number of carbonyl (C=O) groups is 1. The zero-order chi connectivity index (χ0) is 23.9. The molecule has 9 heteroatoms. The van der Waals surface area contributed by atoms with E-state index in [4.69, 9.17) is 11.6 Å². The van der Waals surface area contributed by atoms with Crippen molar-refractivity contribution in [2.24, 2.45) is 5.10 Å². The molecule has 0 unspecified atom stereocenters. The zero-order valence-corrected chi connectivity index (χ0v) is 21.0. The molecular weight excluding hydrogens is 486 g/mol. The molecule has 0 saturated carbocycles. The number of hydrogen-bond acceptors (Lipinski definition) is 6. The molecule has 1 amide bonds. The predicted molar refractivity (Wildman–Crippen MR) is 141 cm³/mol. The topological polar surface area (TPSA) is 72.2 Å². The van der Waals surface area contributed by atoms with E-state index in [2.05, 4.69) is 20.7 Å². The van der Waals surface area contributed by atoms with Crippen molar-refractivity contribution in [1.29, 1.82) is 0 Å². The van der Waals surface area contributed by atoms with Crippen LogP contribution in [0, 0.1) is 6.92 Å². The highest BCUT2D eigenvalue weighted by molar-refractivity contribution is 7.99. The van der Waals surface area contributed by atoms with Crippen molar-refractivity contribution in [2.45, 2.75) is 17.0 Å². The van der Waals surface area contributed by atoms with Crippen molar-refractivity contribution >= 4 is 47.2 Å². The Morgan fingerprint density at radius 1 is 1.03 bits per heavy atom. The molecule has 1 aromatic heterocycles. The molecule has 1 N–H and O–H groups in total. The van der Waals surface area contributed by atoms with E-state index in [1.54, 1.807) is 18.0 Å². The number of thioether (sulfide) groups is 2. The number of hydrogen-bond donors (Lipinski definition) is 1. The fraction of sp³-hybridized carbons (Fsp3) is 0.120. The number of carbonyl (C=O) groups excluding carboxylic acids is 1. The number of nitrogens with one attached hydrogen (secondary N) is 1. The van der Waals surface area contributed by atoms with Crippen LogP contribution in [0.3, 0.4) is 0 Å².